The second kappa shape index (κ2) is 7.74. The van der Waals surface area contributed by atoms with Gasteiger partial charge in [0.05, 0.1) is 19.3 Å². The minimum Gasteiger partial charge on any atom is -0.394 e. The van der Waals surface area contributed by atoms with Crippen LogP contribution in [-0.4, -0.2) is 49.0 Å². The predicted octanol–water partition coefficient (Wildman–Crippen LogP) is 1.47. The van der Waals surface area contributed by atoms with Gasteiger partial charge in [-0.3, -0.25) is 4.90 Å². The third-order valence-corrected chi connectivity index (χ3v) is 4.13. The number of aliphatic hydroxyl groups is 1. The quantitative estimate of drug-likeness (QED) is 0.827. The summed E-state index contributed by atoms with van der Waals surface area (Å²) < 4.78 is 5.62. The Morgan fingerprint density at radius 1 is 1.35 bits per heavy atom. The van der Waals surface area contributed by atoms with E-state index in [1.807, 2.05) is 0 Å². The first kappa shape index (κ1) is 15.4. The summed E-state index contributed by atoms with van der Waals surface area (Å²) in [6.45, 7) is 5.36. The molecule has 1 aliphatic rings. The van der Waals surface area contributed by atoms with Gasteiger partial charge < -0.3 is 15.6 Å². The highest BCUT2D eigenvalue weighted by Crippen LogP contribution is 2.26. The monoisotopic (exact) mass is 278 g/mol. The third kappa shape index (κ3) is 3.79. The lowest BCUT2D eigenvalue weighted by Crippen LogP contribution is -2.42. The maximum absolute atomic E-state index is 8.80. The van der Waals surface area contributed by atoms with Crippen molar-refractivity contribution >= 4 is 0 Å². The van der Waals surface area contributed by atoms with E-state index in [1.165, 1.54) is 11.1 Å². The van der Waals surface area contributed by atoms with Gasteiger partial charge in [-0.15, -0.1) is 0 Å². The SMILES string of the molecule is Cc1ccccc1C(CN)N1CCC(OCCO)CC1. The number of ether oxygens (including phenoxy) is 1. The zero-order chi connectivity index (χ0) is 14.4. The number of piperidine rings is 1. The van der Waals surface area contributed by atoms with Gasteiger partial charge in [0.1, 0.15) is 0 Å². The molecule has 20 heavy (non-hydrogen) atoms. The number of likely N-dealkylation sites (tertiary alicyclic amines) is 1. The number of nitrogens with zero attached hydrogens (tertiary/aromatic N) is 1. The lowest BCUT2D eigenvalue weighted by molar-refractivity contribution is -0.0149. The lowest BCUT2D eigenvalue weighted by Gasteiger charge is -2.37. The van der Waals surface area contributed by atoms with Crippen LogP contribution in [0.4, 0.5) is 0 Å². The van der Waals surface area contributed by atoms with Crippen LogP contribution in [0.2, 0.25) is 0 Å². The fraction of sp³-hybridized carbons (Fsp3) is 0.625. The molecule has 0 spiro atoms. The molecule has 1 aromatic carbocycles. The molecule has 2 rings (SSSR count). The Hall–Kier alpha value is -0.940. The Bertz CT molecular complexity index is 403. The van der Waals surface area contributed by atoms with E-state index in [-0.39, 0.29) is 12.7 Å². The van der Waals surface area contributed by atoms with Gasteiger partial charge in [-0.1, -0.05) is 24.3 Å². The van der Waals surface area contributed by atoms with E-state index in [4.69, 9.17) is 15.6 Å². The summed E-state index contributed by atoms with van der Waals surface area (Å²) >= 11 is 0. The third-order valence-electron chi connectivity index (χ3n) is 4.13. The minimum atomic E-state index is 0.106. The summed E-state index contributed by atoms with van der Waals surface area (Å²) in [6, 6.07) is 8.79. The Balaban J connectivity index is 1.95. The van der Waals surface area contributed by atoms with Crippen LogP contribution in [0.15, 0.2) is 24.3 Å². The Labute approximate surface area is 121 Å². The van der Waals surface area contributed by atoms with Gasteiger partial charge in [0, 0.05) is 25.7 Å². The largest absolute Gasteiger partial charge is 0.394 e. The summed E-state index contributed by atoms with van der Waals surface area (Å²) in [7, 11) is 0. The summed E-state index contributed by atoms with van der Waals surface area (Å²) in [5.74, 6) is 0. The first-order valence-corrected chi connectivity index (χ1v) is 7.48. The van der Waals surface area contributed by atoms with E-state index >= 15 is 0 Å². The van der Waals surface area contributed by atoms with Gasteiger partial charge in [0.25, 0.3) is 0 Å². The normalized spacial score (nSPS) is 19.1. The Morgan fingerprint density at radius 3 is 2.65 bits per heavy atom. The summed E-state index contributed by atoms with van der Waals surface area (Å²) in [4.78, 5) is 2.46. The maximum atomic E-state index is 8.80. The zero-order valence-corrected chi connectivity index (χ0v) is 12.3. The number of nitrogens with two attached hydrogens (primary N) is 1. The molecular formula is C16H26N2O2. The smallest absolute Gasteiger partial charge is 0.0701 e. The Kier molecular flexibility index (Phi) is 5.98. The fourth-order valence-corrected chi connectivity index (χ4v) is 3.01. The van der Waals surface area contributed by atoms with Gasteiger partial charge in [0.15, 0.2) is 0 Å². The molecule has 0 amide bonds. The maximum Gasteiger partial charge on any atom is 0.0701 e. The highest BCUT2D eigenvalue weighted by atomic mass is 16.5. The first-order valence-electron chi connectivity index (χ1n) is 7.48. The number of hydrogen-bond acceptors (Lipinski definition) is 4. The van der Waals surface area contributed by atoms with E-state index in [0.717, 1.165) is 25.9 Å². The molecule has 0 radical (unpaired) electrons. The molecule has 1 atom stereocenters. The second-order valence-corrected chi connectivity index (χ2v) is 5.44. The molecule has 0 aliphatic carbocycles. The molecule has 0 bridgehead atoms. The summed E-state index contributed by atoms with van der Waals surface area (Å²) in [5.41, 5.74) is 8.66. The summed E-state index contributed by atoms with van der Waals surface area (Å²) in [5, 5.41) is 8.80. The Morgan fingerprint density at radius 2 is 2.05 bits per heavy atom. The van der Waals surface area contributed by atoms with Crippen molar-refractivity contribution in [3.8, 4) is 0 Å². The molecule has 3 N–H and O–H groups in total. The number of aryl methyl sites for hydroxylation is 1. The van der Waals surface area contributed by atoms with Crippen LogP contribution in [0, 0.1) is 6.92 Å². The van der Waals surface area contributed by atoms with E-state index in [0.29, 0.717) is 19.2 Å². The zero-order valence-electron chi connectivity index (χ0n) is 12.3. The van der Waals surface area contributed by atoms with Crippen LogP contribution in [0.1, 0.15) is 30.0 Å². The highest BCUT2D eigenvalue weighted by molar-refractivity contribution is 5.29. The predicted molar refractivity (Wildman–Crippen MR) is 80.6 cm³/mol. The average Bonchev–Trinajstić information content (AvgIpc) is 2.49. The van der Waals surface area contributed by atoms with Crippen LogP contribution in [0.3, 0.4) is 0 Å². The minimum absolute atomic E-state index is 0.106. The van der Waals surface area contributed by atoms with E-state index in [1.54, 1.807) is 0 Å². The van der Waals surface area contributed by atoms with Crippen molar-refractivity contribution in [2.45, 2.75) is 31.9 Å². The van der Waals surface area contributed by atoms with Gasteiger partial charge in [-0.2, -0.15) is 0 Å². The van der Waals surface area contributed by atoms with Crippen molar-refractivity contribution in [3.63, 3.8) is 0 Å². The van der Waals surface area contributed by atoms with Crippen molar-refractivity contribution in [3.05, 3.63) is 35.4 Å². The standard InChI is InChI=1S/C16H26N2O2/c1-13-4-2-3-5-15(13)16(12-17)18-8-6-14(7-9-18)20-11-10-19/h2-5,14,16,19H,6-12,17H2,1H3. The van der Waals surface area contributed by atoms with Crippen LogP contribution in [0.5, 0.6) is 0 Å². The molecule has 1 aromatic rings. The number of aliphatic hydroxyl groups excluding tert-OH is 1. The molecule has 112 valence electrons. The molecule has 4 nitrogen and oxygen atoms in total. The highest BCUT2D eigenvalue weighted by Gasteiger charge is 2.26. The average molecular weight is 278 g/mol. The van der Waals surface area contributed by atoms with E-state index in [2.05, 4.69) is 36.1 Å². The number of benzene rings is 1. The number of rotatable bonds is 6. The van der Waals surface area contributed by atoms with Gasteiger partial charge >= 0.3 is 0 Å². The molecule has 1 fully saturated rings. The first-order chi connectivity index (χ1) is 9.76. The number of hydrogen-bond donors (Lipinski definition) is 2. The van der Waals surface area contributed by atoms with E-state index < -0.39 is 0 Å². The molecule has 1 heterocycles. The molecule has 0 saturated carbocycles. The van der Waals surface area contributed by atoms with E-state index in [9.17, 15) is 0 Å². The van der Waals surface area contributed by atoms with Crippen LogP contribution >= 0.6 is 0 Å². The van der Waals surface area contributed by atoms with Crippen LogP contribution < -0.4 is 5.73 Å². The van der Waals surface area contributed by atoms with Crippen molar-refractivity contribution in [1.82, 2.24) is 4.90 Å². The summed E-state index contributed by atoms with van der Waals surface area (Å²) in [6.07, 6.45) is 2.32. The second-order valence-electron chi connectivity index (χ2n) is 5.44. The molecule has 4 heteroatoms. The van der Waals surface area contributed by atoms with Gasteiger partial charge in [-0.05, 0) is 30.9 Å². The molecule has 0 aromatic heterocycles. The van der Waals surface area contributed by atoms with Crippen molar-refractivity contribution < 1.29 is 9.84 Å². The molecule has 1 unspecified atom stereocenters. The molecular weight excluding hydrogens is 252 g/mol. The van der Waals surface area contributed by atoms with Crippen LogP contribution in [0.25, 0.3) is 0 Å². The van der Waals surface area contributed by atoms with Gasteiger partial charge in [-0.25, -0.2) is 0 Å². The van der Waals surface area contributed by atoms with Crippen molar-refractivity contribution in [2.24, 2.45) is 5.73 Å². The van der Waals surface area contributed by atoms with Crippen molar-refractivity contribution in [2.75, 3.05) is 32.8 Å². The molecule has 1 saturated heterocycles. The van der Waals surface area contributed by atoms with Gasteiger partial charge in [0.2, 0.25) is 0 Å². The fourth-order valence-electron chi connectivity index (χ4n) is 3.01. The molecule has 1 aliphatic heterocycles. The lowest BCUT2D eigenvalue weighted by atomic mass is 9.97. The van der Waals surface area contributed by atoms with Crippen molar-refractivity contribution in [1.29, 1.82) is 0 Å². The van der Waals surface area contributed by atoms with Crippen LogP contribution in [-0.2, 0) is 4.74 Å². The topological polar surface area (TPSA) is 58.7 Å².